The molecule has 0 aliphatic rings. The average Bonchev–Trinajstić information content (AvgIpc) is 3.34. The molecule has 0 aliphatic heterocycles. The molecule has 0 amide bonds. The smallest absolute Gasteiger partial charge is 0.306 e. The topological polar surface area (TPSA) is 78.9 Å². The number of unbranched alkanes of at least 4 members (excludes halogenated alkanes) is 2. The van der Waals surface area contributed by atoms with Crippen molar-refractivity contribution in [1.82, 2.24) is 0 Å². The highest BCUT2D eigenvalue weighted by Crippen LogP contribution is 2.08. The molecule has 0 spiro atoms. The molecule has 0 aliphatic carbocycles. The van der Waals surface area contributed by atoms with Gasteiger partial charge in [-0.15, -0.1) is 0 Å². The van der Waals surface area contributed by atoms with Crippen molar-refractivity contribution >= 4 is 17.9 Å². The molecule has 1 atom stereocenters. The number of carbonyl (C=O) groups is 3. The summed E-state index contributed by atoms with van der Waals surface area (Å²) in [6, 6.07) is 0. The molecule has 0 aromatic rings. The summed E-state index contributed by atoms with van der Waals surface area (Å²) < 4.78 is 16.6. The Hall–Kier alpha value is -5.49. The highest BCUT2D eigenvalue weighted by Gasteiger charge is 2.19. The average molecular weight is 931 g/mol. The first-order valence-corrected chi connectivity index (χ1v) is 25.8. The Kier molecular flexibility index (Phi) is 49.7. The lowest BCUT2D eigenvalue weighted by molar-refractivity contribution is -0.166. The largest absolute Gasteiger partial charge is 0.462 e. The quantitative estimate of drug-likeness (QED) is 0.0262. The number of rotatable bonds is 43. The fourth-order valence-electron chi connectivity index (χ4n) is 5.92. The van der Waals surface area contributed by atoms with Gasteiger partial charge in [-0.1, -0.05) is 203 Å². The van der Waals surface area contributed by atoms with Crippen LogP contribution >= 0.6 is 0 Å². The van der Waals surface area contributed by atoms with Crippen molar-refractivity contribution in [3.63, 3.8) is 0 Å². The van der Waals surface area contributed by atoms with Gasteiger partial charge >= 0.3 is 17.9 Å². The molecule has 1 unspecified atom stereocenters. The van der Waals surface area contributed by atoms with Crippen LogP contribution in [0.1, 0.15) is 168 Å². The van der Waals surface area contributed by atoms with Crippen molar-refractivity contribution in [1.29, 1.82) is 0 Å². The molecule has 374 valence electrons. The fourth-order valence-corrected chi connectivity index (χ4v) is 5.92. The van der Waals surface area contributed by atoms with Crippen LogP contribution in [0.15, 0.2) is 182 Å². The summed E-state index contributed by atoms with van der Waals surface area (Å²) in [4.78, 5) is 37.9. The van der Waals surface area contributed by atoms with Crippen LogP contribution in [-0.2, 0) is 28.6 Å². The normalized spacial score (nSPS) is 13.6. The lowest BCUT2D eigenvalue weighted by atomic mass is 10.2. The van der Waals surface area contributed by atoms with Crippen LogP contribution in [0.5, 0.6) is 0 Å². The molecule has 0 heterocycles. The number of esters is 3. The zero-order valence-corrected chi connectivity index (χ0v) is 42.5. The molecule has 0 saturated heterocycles. The fraction of sp³-hybridized carbons (Fsp3) is 0.468. The standard InChI is InChI=1S/C62H90O6/c1-4-7-10-13-16-19-22-25-27-29-31-33-35-37-40-43-46-49-52-55-61(64)67-58-59(57-66-60(63)54-51-48-45-42-39-24-21-18-15-12-9-6-3)68-62(65)56-53-50-47-44-41-38-36-34-32-30-28-26-23-20-17-14-11-8-5-2/h7-12,16-21,25-28,31-34,37-42,46-47,49-50,59H,4-6,13-15,22-24,29-30,35-36,43-45,48,51-58H2,1-3H3/b10-7-,11-8-,12-9-,19-16-,20-17-,21-18-,27-25-,28-26-,33-31-,34-32-,40-37-,41-38-,42-39-,49-46-,50-47-. The summed E-state index contributed by atoms with van der Waals surface area (Å²) in [6.07, 6.45) is 81.9. The first-order valence-electron chi connectivity index (χ1n) is 25.8. The van der Waals surface area contributed by atoms with E-state index in [0.717, 1.165) is 109 Å². The highest BCUT2D eigenvalue weighted by molar-refractivity contribution is 5.71. The lowest BCUT2D eigenvalue weighted by Crippen LogP contribution is -2.30. The van der Waals surface area contributed by atoms with Gasteiger partial charge in [-0.3, -0.25) is 14.4 Å². The van der Waals surface area contributed by atoms with Gasteiger partial charge in [0, 0.05) is 19.3 Å². The van der Waals surface area contributed by atoms with E-state index in [1.165, 1.54) is 0 Å². The molecular formula is C62H90O6. The molecule has 0 aromatic heterocycles. The van der Waals surface area contributed by atoms with Crippen LogP contribution in [0.4, 0.5) is 0 Å². The van der Waals surface area contributed by atoms with Crippen molar-refractivity contribution in [3.05, 3.63) is 182 Å². The predicted octanol–water partition coefficient (Wildman–Crippen LogP) is 17.4. The van der Waals surface area contributed by atoms with Crippen molar-refractivity contribution in [3.8, 4) is 0 Å². The SMILES string of the molecule is CC/C=C\C/C=C\C/C=C\C/C=C\C/C=C\C/C=C\CCC(=O)OCC(COC(=O)CCCC/C=C\C/C=C\C/C=C\CC)OC(=O)CC/C=C\C/C=C\C/C=C\C/C=C\C/C=C\C/C=C\CC. The minimum Gasteiger partial charge on any atom is -0.462 e. The number of ether oxygens (including phenoxy) is 3. The third kappa shape index (κ3) is 51.5. The van der Waals surface area contributed by atoms with Gasteiger partial charge in [-0.2, -0.15) is 0 Å². The molecular weight excluding hydrogens is 841 g/mol. The summed E-state index contributed by atoms with van der Waals surface area (Å²) in [5.74, 6) is -1.19. The molecule has 0 rings (SSSR count). The summed E-state index contributed by atoms with van der Waals surface area (Å²) in [6.45, 7) is 6.09. The van der Waals surface area contributed by atoms with E-state index in [1.54, 1.807) is 0 Å². The Morgan fingerprint density at radius 1 is 0.294 bits per heavy atom. The van der Waals surface area contributed by atoms with Crippen LogP contribution in [-0.4, -0.2) is 37.2 Å². The van der Waals surface area contributed by atoms with Gasteiger partial charge in [0.15, 0.2) is 6.10 Å². The molecule has 0 fully saturated rings. The van der Waals surface area contributed by atoms with E-state index in [2.05, 4.69) is 179 Å². The third-order valence-electron chi connectivity index (χ3n) is 9.66. The van der Waals surface area contributed by atoms with Crippen LogP contribution < -0.4 is 0 Å². The second kappa shape index (κ2) is 54.1. The van der Waals surface area contributed by atoms with Gasteiger partial charge in [-0.25, -0.2) is 0 Å². The third-order valence-corrected chi connectivity index (χ3v) is 9.66. The Morgan fingerprint density at radius 2 is 0.544 bits per heavy atom. The Balaban J connectivity index is 4.70. The minimum absolute atomic E-state index is 0.162. The molecule has 0 saturated carbocycles. The van der Waals surface area contributed by atoms with E-state index in [1.807, 2.05) is 24.3 Å². The van der Waals surface area contributed by atoms with E-state index >= 15 is 0 Å². The van der Waals surface area contributed by atoms with Gasteiger partial charge in [0.2, 0.25) is 0 Å². The first kappa shape index (κ1) is 62.5. The maximum atomic E-state index is 12.8. The van der Waals surface area contributed by atoms with Gasteiger partial charge < -0.3 is 14.2 Å². The summed E-state index contributed by atoms with van der Waals surface area (Å²) >= 11 is 0. The maximum absolute atomic E-state index is 12.8. The summed E-state index contributed by atoms with van der Waals surface area (Å²) in [5.41, 5.74) is 0. The molecule has 0 bridgehead atoms. The zero-order valence-electron chi connectivity index (χ0n) is 42.5. The van der Waals surface area contributed by atoms with Crippen molar-refractivity contribution in [2.45, 2.75) is 175 Å². The van der Waals surface area contributed by atoms with E-state index in [9.17, 15) is 14.4 Å². The monoisotopic (exact) mass is 931 g/mol. The number of allylic oxidation sites excluding steroid dienone is 30. The Labute approximate surface area is 414 Å². The van der Waals surface area contributed by atoms with E-state index in [4.69, 9.17) is 14.2 Å². The van der Waals surface area contributed by atoms with E-state index < -0.39 is 18.0 Å². The zero-order chi connectivity index (χ0) is 49.3. The molecule has 6 nitrogen and oxygen atoms in total. The second-order valence-electron chi connectivity index (χ2n) is 15.9. The molecule has 0 radical (unpaired) electrons. The molecule has 0 N–H and O–H groups in total. The van der Waals surface area contributed by atoms with Crippen LogP contribution in [0.25, 0.3) is 0 Å². The highest BCUT2D eigenvalue weighted by atomic mass is 16.6. The van der Waals surface area contributed by atoms with Gasteiger partial charge in [0.25, 0.3) is 0 Å². The second-order valence-corrected chi connectivity index (χ2v) is 15.9. The van der Waals surface area contributed by atoms with Gasteiger partial charge in [-0.05, 0) is 128 Å². The number of hydrogen-bond acceptors (Lipinski definition) is 6. The maximum Gasteiger partial charge on any atom is 0.306 e. The Morgan fingerprint density at radius 3 is 0.853 bits per heavy atom. The summed E-state index contributed by atoms with van der Waals surface area (Å²) in [5, 5.41) is 0. The molecule has 6 heteroatoms. The van der Waals surface area contributed by atoms with Crippen LogP contribution in [0, 0.1) is 0 Å². The van der Waals surface area contributed by atoms with Crippen LogP contribution in [0.3, 0.4) is 0 Å². The number of hydrogen-bond donors (Lipinski definition) is 0. The molecule has 0 aromatic carbocycles. The minimum atomic E-state index is -0.875. The lowest BCUT2D eigenvalue weighted by Gasteiger charge is -2.18. The first-order chi connectivity index (χ1) is 33.5. The van der Waals surface area contributed by atoms with Crippen LogP contribution in [0.2, 0.25) is 0 Å². The number of carbonyl (C=O) groups excluding carboxylic acids is 3. The van der Waals surface area contributed by atoms with Crippen molar-refractivity contribution in [2.24, 2.45) is 0 Å². The summed E-state index contributed by atoms with van der Waals surface area (Å²) in [7, 11) is 0. The molecule has 68 heavy (non-hydrogen) atoms. The van der Waals surface area contributed by atoms with E-state index in [0.29, 0.717) is 19.3 Å². The van der Waals surface area contributed by atoms with Gasteiger partial charge in [0.1, 0.15) is 13.2 Å². The van der Waals surface area contributed by atoms with Gasteiger partial charge in [0.05, 0.1) is 0 Å². The van der Waals surface area contributed by atoms with E-state index in [-0.39, 0.29) is 38.4 Å². The van der Waals surface area contributed by atoms with Crippen molar-refractivity contribution in [2.75, 3.05) is 13.2 Å². The predicted molar refractivity (Wildman–Crippen MR) is 292 cm³/mol. The van der Waals surface area contributed by atoms with Crippen molar-refractivity contribution < 1.29 is 28.6 Å². The Bertz CT molecular complexity index is 1680.